The Bertz CT molecular complexity index is 6750. The number of rotatable bonds is 6. The van der Waals surface area contributed by atoms with Gasteiger partial charge in [-0.05, 0) is 213 Å². The smallest absolute Gasteiger partial charge is 0.0547 e. The van der Waals surface area contributed by atoms with E-state index in [4.69, 9.17) is 0 Å². The molecule has 0 saturated carbocycles. The molecule has 0 aliphatic heterocycles. The first-order chi connectivity index (χ1) is 50.1. The van der Waals surface area contributed by atoms with Crippen LogP contribution in [0.25, 0.3) is 160 Å². The lowest BCUT2D eigenvalue weighted by molar-refractivity contribution is 0.661. The van der Waals surface area contributed by atoms with Crippen LogP contribution < -0.4 is 0 Å². The van der Waals surface area contributed by atoms with Crippen molar-refractivity contribution in [2.75, 3.05) is 0 Å². The van der Waals surface area contributed by atoms with Crippen LogP contribution in [0, 0.1) is 0 Å². The number of hydrogen-bond acceptors (Lipinski definition) is 0. The molecule has 3 aliphatic carbocycles. The van der Waals surface area contributed by atoms with Gasteiger partial charge in [0.25, 0.3) is 0 Å². The molecule has 22 rings (SSSR count). The maximum Gasteiger partial charge on any atom is 0.0547 e. The molecule has 0 radical (unpaired) electrons. The summed E-state index contributed by atoms with van der Waals surface area (Å²) in [4.78, 5) is 0. The van der Waals surface area contributed by atoms with Gasteiger partial charge in [-0.1, -0.05) is 270 Å². The van der Waals surface area contributed by atoms with Gasteiger partial charge in [-0.15, -0.1) is 0 Å². The van der Waals surface area contributed by atoms with E-state index in [1.165, 1.54) is 199 Å². The maximum absolute atomic E-state index is 2.46. The van der Waals surface area contributed by atoms with E-state index in [2.05, 4.69) is 381 Å². The summed E-state index contributed by atoms with van der Waals surface area (Å²) >= 11 is 0. The van der Waals surface area contributed by atoms with E-state index in [9.17, 15) is 0 Å². The first-order valence-electron chi connectivity index (χ1n) is 35.9. The Labute approximate surface area is 592 Å². The van der Waals surface area contributed by atoms with Gasteiger partial charge in [0.15, 0.2) is 0 Å². The van der Waals surface area contributed by atoms with E-state index in [0.29, 0.717) is 0 Å². The first kappa shape index (κ1) is 58.4. The molecule has 102 heavy (non-hydrogen) atoms. The van der Waals surface area contributed by atoms with E-state index in [1.54, 1.807) is 0 Å². The van der Waals surface area contributed by atoms with Crippen molar-refractivity contribution in [1.82, 2.24) is 13.7 Å². The Hall–Kier alpha value is -12.6. The SMILES string of the molecule is CC1(C)c2ccccc2-c2c1ccc1c2c2cc(-c3ccc4c(c3)c3ccccc3n4-c3ccc4ccccc4c3)ccc2n1-c1ccccc1.CC1(C)c2ccccc2-c2ccc3c(c21)c1cc(-c2ccc4c(c2)-c2ccccc2C4c2ccc4ccccc4c2)ccc1n3-c1ccccc1. The quantitative estimate of drug-likeness (QED) is 0.158. The van der Waals surface area contributed by atoms with Crippen LogP contribution in [-0.2, 0) is 10.8 Å². The fourth-order valence-electron chi connectivity index (χ4n) is 18.6. The number of fused-ring (bicyclic) bond motifs is 22. The number of hydrogen-bond donors (Lipinski definition) is 0. The van der Waals surface area contributed by atoms with Gasteiger partial charge in [0.05, 0.1) is 33.1 Å². The zero-order valence-electron chi connectivity index (χ0n) is 57.3. The predicted octanol–water partition coefficient (Wildman–Crippen LogP) is 26.1. The molecule has 0 bridgehead atoms. The average molecular weight is 1300 g/mol. The summed E-state index contributed by atoms with van der Waals surface area (Å²) in [6, 6.07) is 126. The van der Waals surface area contributed by atoms with Gasteiger partial charge in [0.2, 0.25) is 0 Å². The third-order valence-electron chi connectivity index (χ3n) is 23.3. The van der Waals surface area contributed by atoms with E-state index in [0.717, 1.165) is 0 Å². The van der Waals surface area contributed by atoms with Crippen LogP contribution in [0.15, 0.2) is 340 Å². The molecule has 3 heterocycles. The van der Waals surface area contributed by atoms with Crippen molar-refractivity contribution >= 4 is 87.0 Å². The van der Waals surface area contributed by atoms with E-state index >= 15 is 0 Å². The fourth-order valence-corrected chi connectivity index (χ4v) is 18.6. The molecule has 0 spiro atoms. The second kappa shape index (κ2) is 22.0. The molecule has 3 aromatic heterocycles. The van der Waals surface area contributed by atoms with Crippen LogP contribution in [0.4, 0.5) is 0 Å². The number of aromatic nitrogens is 3. The zero-order valence-corrected chi connectivity index (χ0v) is 57.3. The minimum absolute atomic E-state index is 0.0663. The maximum atomic E-state index is 2.46. The van der Waals surface area contributed by atoms with Crippen LogP contribution in [0.1, 0.15) is 72.6 Å². The number of nitrogens with zero attached hydrogens (tertiary/aromatic N) is 3. The molecule has 3 nitrogen and oxygen atoms in total. The van der Waals surface area contributed by atoms with Crippen molar-refractivity contribution in [1.29, 1.82) is 0 Å². The Morgan fingerprint density at radius 1 is 0.245 bits per heavy atom. The van der Waals surface area contributed by atoms with Gasteiger partial charge >= 0.3 is 0 Å². The molecule has 3 aliphatic rings. The topological polar surface area (TPSA) is 14.8 Å². The van der Waals surface area contributed by atoms with Crippen LogP contribution >= 0.6 is 0 Å². The van der Waals surface area contributed by atoms with Gasteiger partial charge < -0.3 is 13.7 Å². The normalized spacial score (nSPS) is 14.3. The fraction of sp³-hybridized carbons (Fsp3) is 0.0707. The molecule has 0 fully saturated rings. The number of benzene rings is 16. The molecule has 0 N–H and O–H groups in total. The highest BCUT2D eigenvalue weighted by molar-refractivity contribution is 6.20. The van der Waals surface area contributed by atoms with Crippen LogP contribution in [0.2, 0.25) is 0 Å². The Morgan fingerprint density at radius 3 is 1.41 bits per heavy atom. The van der Waals surface area contributed by atoms with Crippen LogP contribution in [0.3, 0.4) is 0 Å². The van der Waals surface area contributed by atoms with Crippen LogP contribution in [0.5, 0.6) is 0 Å². The Kier molecular flexibility index (Phi) is 12.6. The molecule has 0 amide bonds. The molecule has 1 unspecified atom stereocenters. The highest BCUT2D eigenvalue weighted by Gasteiger charge is 2.40. The summed E-state index contributed by atoms with van der Waals surface area (Å²) < 4.78 is 7.32. The molecule has 1 atom stereocenters. The van der Waals surface area contributed by atoms with Gasteiger partial charge in [-0.2, -0.15) is 0 Å². The number of para-hydroxylation sites is 3. The van der Waals surface area contributed by atoms with Crippen molar-refractivity contribution < 1.29 is 0 Å². The van der Waals surface area contributed by atoms with Gasteiger partial charge in [0, 0.05) is 66.1 Å². The third kappa shape index (κ3) is 8.49. The average Bonchev–Trinajstić information content (AvgIpc) is 1.54. The highest BCUT2D eigenvalue weighted by Crippen LogP contribution is 2.57. The largest absolute Gasteiger partial charge is 0.309 e. The molecule has 3 heteroatoms. The molecule has 19 aromatic rings. The lowest BCUT2D eigenvalue weighted by atomic mass is 9.80. The summed E-state index contributed by atoms with van der Waals surface area (Å²) in [6.07, 6.45) is 0. The molecular weight excluding hydrogens is 1230 g/mol. The summed E-state index contributed by atoms with van der Waals surface area (Å²) in [6.45, 7) is 9.54. The van der Waals surface area contributed by atoms with Crippen molar-refractivity contribution in [2.24, 2.45) is 0 Å². The lowest BCUT2D eigenvalue weighted by Crippen LogP contribution is -2.15. The summed E-state index contributed by atoms with van der Waals surface area (Å²) in [7, 11) is 0. The molecule has 16 aromatic carbocycles. The predicted molar refractivity (Wildman–Crippen MR) is 430 cm³/mol. The van der Waals surface area contributed by atoms with Gasteiger partial charge in [-0.3, -0.25) is 0 Å². The van der Waals surface area contributed by atoms with E-state index in [1.807, 2.05) is 0 Å². The second-order valence-corrected chi connectivity index (χ2v) is 29.5. The van der Waals surface area contributed by atoms with E-state index < -0.39 is 0 Å². The van der Waals surface area contributed by atoms with Crippen molar-refractivity contribution in [3.63, 3.8) is 0 Å². The molecule has 0 saturated heterocycles. The monoisotopic (exact) mass is 1300 g/mol. The lowest BCUT2D eigenvalue weighted by Gasteiger charge is -2.22. The molecular formula is C99H69N3. The Balaban J connectivity index is 0.000000133. The first-order valence-corrected chi connectivity index (χ1v) is 35.9. The zero-order chi connectivity index (χ0) is 67.7. The summed E-state index contributed by atoms with van der Waals surface area (Å²) in [5.74, 6) is 0.215. The second-order valence-electron chi connectivity index (χ2n) is 29.5. The van der Waals surface area contributed by atoms with Gasteiger partial charge in [-0.25, -0.2) is 0 Å². The summed E-state index contributed by atoms with van der Waals surface area (Å²) in [5, 5.41) is 12.9. The minimum atomic E-state index is -0.119. The third-order valence-corrected chi connectivity index (χ3v) is 23.3. The Morgan fingerprint density at radius 2 is 0.716 bits per heavy atom. The minimum Gasteiger partial charge on any atom is -0.309 e. The van der Waals surface area contributed by atoms with Crippen LogP contribution in [-0.4, -0.2) is 13.7 Å². The highest BCUT2D eigenvalue weighted by atomic mass is 15.0. The standard InChI is InChI=1S/C50H35N.C49H34N2/c1-50(2)44-19-11-10-17-38(44)41-25-27-46-48(49(41)50)43-30-34(23-26-45(43)51(46)36-14-4-3-5-15-36)33-22-24-40-42(29-33)37-16-8-9-18-39(37)47(40)35-21-20-31-12-6-7-13-32(31)28-35;1-49(2)41-18-10-8-17-38(41)47-42(49)24-27-46-48(47)40-30-34(22-26-45(40)50(46)35-14-4-3-5-15-35)33-21-25-44-39(29-33)37-16-9-11-19-43(37)51(44)36-23-20-31-12-6-7-13-32(31)28-36/h3-30,47H,1-2H3;3-30H,1-2H3. The van der Waals surface area contributed by atoms with Gasteiger partial charge in [0.1, 0.15) is 0 Å². The van der Waals surface area contributed by atoms with E-state index in [-0.39, 0.29) is 16.7 Å². The van der Waals surface area contributed by atoms with Crippen molar-refractivity contribution in [3.8, 4) is 72.7 Å². The summed E-state index contributed by atoms with van der Waals surface area (Å²) in [5.41, 5.74) is 33.6. The molecule has 480 valence electrons. The van der Waals surface area contributed by atoms with Crippen molar-refractivity contribution in [3.05, 3.63) is 379 Å². The van der Waals surface area contributed by atoms with Crippen molar-refractivity contribution in [2.45, 2.75) is 44.4 Å².